The predicted octanol–water partition coefficient (Wildman–Crippen LogP) is 3.29. The molecule has 0 radical (unpaired) electrons. The molecule has 5 rings (SSSR count). The van der Waals surface area contributed by atoms with Crippen molar-refractivity contribution in [1.82, 2.24) is 24.6 Å². The highest BCUT2D eigenvalue weighted by atomic mass is 16.5. The van der Waals surface area contributed by atoms with Gasteiger partial charge in [0.2, 0.25) is 5.95 Å². The summed E-state index contributed by atoms with van der Waals surface area (Å²) in [6.07, 6.45) is 9.89. The maximum Gasteiger partial charge on any atom is 0.223 e. The molecule has 2 aliphatic rings. The van der Waals surface area contributed by atoms with Crippen LogP contribution >= 0.6 is 0 Å². The van der Waals surface area contributed by atoms with E-state index >= 15 is 0 Å². The second-order valence-corrected chi connectivity index (χ2v) is 7.13. The molecule has 0 saturated carbocycles. The van der Waals surface area contributed by atoms with Crippen molar-refractivity contribution in [1.29, 1.82) is 0 Å². The van der Waals surface area contributed by atoms with Gasteiger partial charge in [-0.3, -0.25) is 0 Å². The highest BCUT2D eigenvalue weighted by molar-refractivity contribution is 5.80. The molecule has 4 heterocycles. The molecule has 1 saturated heterocycles. The van der Waals surface area contributed by atoms with Gasteiger partial charge in [-0.15, -0.1) is 0 Å². The molecule has 3 aromatic rings. The Labute approximate surface area is 160 Å². The Morgan fingerprint density at radius 1 is 1.19 bits per heavy atom. The molecule has 0 spiro atoms. The van der Waals surface area contributed by atoms with Gasteiger partial charge in [0.15, 0.2) is 5.65 Å². The van der Waals surface area contributed by atoms with Crippen LogP contribution in [0.2, 0.25) is 0 Å². The fourth-order valence-corrected chi connectivity index (χ4v) is 3.76. The number of hydrogen-bond acceptors (Lipinski definition) is 6. The van der Waals surface area contributed by atoms with Crippen molar-refractivity contribution in [2.45, 2.75) is 38.6 Å². The normalized spacial score (nSPS) is 17.6. The van der Waals surface area contributed by atoms with Crippen molar-refractivity contribution >= 4 is 17.2 Å². The third kappa shape index (κ3) is 3.08. The first kappa shape index (κ1) is 16.4. The van der Waals surface area contributed by atoms with Crippen molar-refractivity contribution in [3.05, 3.63) is 53.2 Å². The van der Waals surface area contributed by atoms with Gasteiger partial charge in [0.25, 0.3) is 0 Å². The van der Waals surface area contributed by atoms with Crippen molar-refractivity contribution in [2.75, 3.05) is 18.5 Å². The number of imidazole rings is 1. The minimum Gasteiger partial charge on any atom is -0.381 e. The summed E-state index contributed by atoms with van der Waals surface area (Å²) >= 11 is 0. The lowest BCUT2D eigenvalue weighted by Crippen LogP contribution is -2.29. The van der Waals surface area contributed by atoms with E-state index in [1.807, 2.05) is 36.0 Å². The number of rotatable bonds is 3. The van der Waals surface area contributed by atoms with Crippen molar-refractivity contribution in [3.8, 4) is 0 Å². The third-order valence-corrected chi connectivity index (χ3v) is 5.25. The minimum absolute atomic E-state index is 0. The highest BCUT2D eigenvalue weighted by Gasteiger charge is 2.20. The van der Waals surface area contributed by atoms with Crippen LogP contribution in [0.1, 0.15) is 44.8 Å². The van der Waals surface area contributed by atoms with Gasteiger partial charge in [-0.25, -0.2) is 19.5 Å². The Morgan fingerprint density at radius 2 is 2.07 bits per heavy atom. The maximum absolute atomic E-state index is 5.42. The van der Waals surface area contributed by atoms with E-state index in [0.717, 1.165) is 78.7 Å². The first-order chi connectivity index (χ1) is 13.3. The summed E-state index contributed by atoms with van der Waals surface area (Å²) in [5.41, 5.74) is 6.07. The molecule has 27 heavy (non-hydrogen) atoms. The second-order valence-electron chi connectivity index (χ2n) is 7.13. The average molecular weight is 366 g/mol. The second kappa shape index (κ2) is 6.74. The number of allylic oxidation sites excluding steroid dienone is 1. The van der Waals surface area contributed by atoms with Gasteiger partial charge in [-0.05, 0) is 44.7 Å². The fraction of sp³-hybridized carbons (Fsp3) is 0.400. The van der Waals surface area contributed by atoms with Crippen LogP contribution in [0, 0.1) is 6.92 Å². The Hall–Kier alpha value is -2.80. The van der Waals surface area contributed by atoms with Gasteiger partial charge in [-0.1, -0.05) is 6.08 Å². The molecular formula is C20H26N6O. The molecule has 0 aromatic carbocycles. The summed E-state index contributed by atoms with van der Waals surface area (Å²) in [6, 6.07) is 4.42. The number of nitrogens with one attached hydrogen (secondary N) is 1. The van der Waals surface area contributed by atoms with Crippen molar-refractivity contribution in [3.63, 3.8) is 0 Å². The molecule has 1 fully saturated rings. The molecule has 0 atom stereocenters. The lowest BCUT2D eigenvalue weighted by atomic mass is 9.94. The quantitative estimate of drug-likeness (QED) is 0.766. The summed E-state index contributed by atoms with van der Waals surface area (Å²) in [5.74, 6) is 0.718. The number of fused-ring (bicyclic) bond motifs is 2. The lowest BCUT2D eigenvalue weighted by molar-refractivity contribution is 0.0903. The van der Waals surface area contributed by atoms with Gasteiger partial charge in [0.1, 0.15) is 0 Å². The van der Waals surface area contributed by atoms with E-state index in [1.165, 1.54) is 0 Å². The maximum atomic E-state index is 5.42. The lowest BCUT2D eigenvalue weighted by Gasteiger charge is -2.24. The van der Waals surface area contributed by atoms with Crippen LogP contribution < -0.4 is 5.32 Å². The van der Waals surface area contributed by atoms with E-state index in [4.69, 9.17) is 14.8 Å². The van der Waals surface area contributed by atoms with Gasteiger partial charge in [0.05, 0.1) is 23.3 Å². The fourth-order valence-electron chi connectivity index (χ4n) is 3.76. The van der Waals surface area contributed by atoms with Crippen LogP contribution in [0.5, 0.6) is 0 Å². The van der Waals surface area contributed by atoms with Crippen LogP contribution in [0.15, 0.2) is 30.6 Å². The monoisotopic (exact) mass is 366 g/mol. The molecule has 3 aromatic heterocycles. The number of aromatic nitrogens is 5. The number of aryl methyl sites for hydroxylation is 2. The van der Waals surface area contributed by atoms with Crippen LogP contribution in [0.3, 0.4) is 0 Å². The number of ether oxygens (including phenoxy) is 1. The van der Waals surface area contributed by atoms with E-state index in [1.54, 1.807) is 0 Å². The Balaban J connectivity index is 0.00000120. The number of nitrogens with zero attached hydrogens (tertiary/aromatic N) is 5. The van der Waals surface area contributed by atoms with E-state index in [9.17, 15) is 0 Å². The molecule has 7 nitrogen and oxygen atoms in total. The zero-order valence-electron chi connectivity index (χ0n) is 15.4. The minimum atomic E-state index is 0. The van der Waals surface area contributed by atoms with Crippen LogP contribution in [0.25, 0.3) is 11.2 Å². The summed E-state index contributed by atoms with van der Waals surface area (Å²) in [5, 5.41) is 8.24. The van der Waals surface area contributed by atoms with Crippen LogP contribution in [0.4, 0.5) is 5.95 Å². The highest BCUT2D eigenvalue weighted by Crippen LogP contribution is 2.30. The van der Waals surface area contributed by atoms with E-state index < -0.39 is 0 Å². The molecule has 1 aliphatic carbocycles. The summed E-state index contributed by atoms with van der Waals surface area (Å²) < 4.78 is 7.30. The molecule has 1 aliphatic heterocycles. The zero-order chi connectivity index (χ0) is 18.2. The molecule has 0 unspecified atom stereocenters. The predicted molar refractivity (Wildman–Crippen MR) is 107 cm³/mol. The van der Waals surface area contributed by atoms with E-state index in [2.05, 4.69) is 21.4 Å². The van der Waals surface area contributed by atoms with Gasteiger partial charge in [0, 0.05) is 39.4 Å². The summed E-state index contributed by atoms with van der Waals surface area (Å²) in [7, 11) is 0. The molecule has 142 valence electrons. The molecule has 1 N–H and O–H groups in total. The first-order valence-electron chi connectivity index (χ1n) is 9.50. The van der Waals surface area contributed by atoms with Gasteiger partial charge >= 0.3 is 0 Å². The standard InChI is InChI=1S/C20H22N6O.2H2/c1-13-11-21-19-6-5-18(25-26(13)19)15-3-2-4-17-16(15)12-22-20(24-17)23-14-7-9-27-10-8-14;;/h3,5-6,11-12,14H,2,4,7-10H2,1H3,(H,22,23,24);2*1H. The van der Waals surface area contributed by atoms with E-state index in [-0.39, 0.29) is 2.85 Å². The molecule has 0 bridgehead atoms. The van der Waals surface area contributed by atoms with Gasteiger partial charge < -0.3 is 10.1 Å². The Bertz CT molecular complexity index is 1030. The molecular weight excluding hydrogens is 340 g/mol. The average Bonchev–Trinajstić information content (AvgIpc) is 3.08. The zero-order valence-corrected chi connectivity index (χ0v) is 15.4. The van der Waals surface area contributed by atoms with Crippen molar-refractivity contribution in [2.24, 2.45) is 0 Å². The Kier molecular flexibility index (Phi) is 4.09. The smallest absolute Gasteiger partial charge is 0.223 e. The van der Waals surface area contributed by atoms with Crippen LogP contribution in [-0.2, 0) is 11.2 Å². The van der Waals surface area contributed by atoms with Crippen LogP contribution in [-0.4, -0.2) is 43.8 Å². The van der Waals surface area contributed by atoms with Crippen molar-refractivity contribution < 1.29 is 7.59 Å². The number of anilines is 1. The SMILES string of the molecule is Cc1cnc2ccc(C3=CCCc4nc(NC5CCOCC5)ncc43)nn12.[HH].[HH]. The number of hydrogen-bond donors (Lipinski definition) is 1. The van der Waals surface area contributed by atoms with Gasteiger partial charge in [-0.2, -0.15) is 5.10 Å². The van der Waals surface area contributed by atoms with E-state index in [0.29, 0.717) is 6.04 Å². The molecule has 7 heteroatoms. The Morgan fingerprint density at radius 3 is 2.96 bits per heavy atom. The third-order valence-electron chi connectivity index (χ3n) is 5.25. The molecule has 0 amide bonds. The topological polar surface area (TPSA) is 77.2 Å². The largest absolute Gasteiger partial charge is 0.381 e. The summed E-state index contributed by atoms with van der Waals surface area (Å²) in [6.45, 7) is 3.62. The summed E-state index contributed by atoms with van der Waals surface area (Å²) in [4.78, 5) is 13.7. The first-order valence-corrected chi connectivity index (χ1v) is 9.50.